The number of amides is 2. The third-order valence-corrected chi connectivity index (χ3v) is 2.91. The van der Waals surface area contributed by atoms with Crippen LogP contribution in [-0.2, 0) is 16.1 Å². The lowest BCUT2D eigenvalue weighted by Gasteiger charge is -2.10. The SMILES string of the molecule is CC(=O)Nc1cc(O)c(NC(=O)C[n+]2cc[nH]c2)cc1Cl. The van der Waals surface area contributed by atoms with E-state index >= 15 is 0 Å². The summed E-state index contributed by atoms with van der Waals surface area (Å²) >= 11 is 5.98. The first-order chi connectivity index (χ1) is 9.95. The molecule has 0 aliphatic heterocycles. The van der Waals surface area contributed by atoms with Crippen LogP contribution in [0.15, 0.2) is 30.9 Å². The van der Waals surface area contributed by atoms with Crippen LogP contribution in [0.4, 0.5) is 11.4 Å². The Morgan fingerprint density at radius 1 is 1.33 bits per heavy atom. The molecular weight excluding hydrogens is 296 g/mol. The zero-order valence-electron chi connectivity index (χ0n) is 11.2. The summed E-state index contributed by atoms with van der Waals surface area (Å²) in [5, 5.41) is 15.1. The Kier molecular flexibility index (Phi) is 4.44. The highest BCUT2D eigenvalue weighted by Gasteiger charge is 2.13. The number of aromatic nitrogens is 2. The maximum absolute atomic E-state index is 11.8. The van der Waals surface area contributed by atoms with E-state index in [2.05, 4.69) is 15.6 Å². The molecule has 8 heteroatoms. The van der Waals surface area contributed by atoms with Gasteiger partial charge < -0.3 is 15.7 Å². The van der Waals surface area contributed by atoms with Gasteiger partial charge in [0.05, 0.1) is 16.4 Å². The predicted octanol–water partition coefficient (Wildman–Crippen LogP) is 1.26. The Balaban J connectivity index is 2.11. The average Bonchev–Trinajstić information content (AvgIpc) is 2.87. The number of halogens is 1. The van der Waals surface area contributed by atoms with Crippen LogP contribution in [0.1, 0.15) is 6.92 Å². The van der Waals surface area contributed by atoms with E-state index in [1.165, 1.54) is 19.1 Å². The summed E-state index contributed by atoms with van der Waals surface area (Å²) in [5.74, 6) is -0.814. The first-order valence-corrected chi connectivity index (χ1v) is 6.45. The summed E-state index contributed by atoms with van der Waals surface area (Å²) < 4.78 is 1.64. The minimum atomic E-state index is -0.321. The van der Waals surface area contributed by atoms with Crippen molar-refractivity contribution in [1.82, 2.24) is 4.98 Å². The molecule has 0 fully saturated rings. The van der Waals surface area contributed by atoms with Gasteiger partial charge in [0.2, 0.25) is 12.2 Å². The second-order valence-corrected chi connectivity index (χ2v) is 4.77. The molecule has 7 nitrogen and oxygen atoms in total. The fraction of sp³-hybridized carbons (Fsp3) is 0.154. The first-order valence-electron chi connectivity index (χ1n) is 6.07. The number of benzene rings is 1. The molecule has 4 N–H and O–H groups in total. The standard InChI is InChI=1S/C13H13ClN4O3/c1-8(19)16-10-5-12(20)11(4-9(10)14)17-13(21)6-18-3-2-15-7-18/h2-5,7H,6H2,1H3,(H3,16,17,19,20,21)/p+1. The Bertz CT molecular complexity index is 670. The van der Waals surface area contributed by atoms with E-state index in [9.17, 15) is 14.7 Å². The number of aromatic amines is 1. The highest BCUT2D eigenvalue weighted by atomic mass is 35.5. The lowest BCUT2D eigenvalue weighted by molar-refractivity contribution is -0.682. The third kappa shape index (κ3) is 3.96. The minimum Gasteiger partial charge on any atom is -0.506 e. The van der Waals surface area contributed by atoms with Crippen LogP contribution >= 0.6 is 11.6 Å². The number of imidazole rings is 1. The Morgan fingerprint density at radius 2 is 2.10 bits per heavy atom. The van der Waals surface area contributed by atoms with Gasteiger partial charge in [0.25, 0.3) is 5.91 Å². The Labute approximate surface area is 125 Å². The topological polar surface area (TPSA) is 98.1 Å². The highest BCUT2D eigenvalue weighted by molar-refractivity contribution is 6.34. The van der Waals surface area contributed by atoms with Crippen molar-refractivity contribution in [3.8, 4) is 5.75 Å². The molecular formula is C13H14ClN4O3+. The van der Waals surface area contributed by atoms with Crippen molar-refractivity contribution in [2.24, 2.45) is 0 Å². The third-order valence-electron chi connectivity index (χ3n) is 2.60. The number of anilines is 2. The van der Waals surface area contributed by atoms with E-state index in [1.807, 2.05) is 0 Å². The van der Waals surface area contributed by atoms with E-state index < -0.39 is 0 Å². The van der Waals surface area contributed by atoms with Crippen molar-refractivity contribution in [1.29, 1.82) is 0 Å². The van der Waals surface area contributed by atoms with Crippen LogP contribution in [0.2, 0.25) is 5.02 Å². The number of H-pyrrole nitrogens is 1. The normalized spacial score (nSPS) is 10.2. The number of aromatic hydroxyl groups is 1. The van der Waals surface area contributed by atoms with Gasteiger partial charge in [-0.15, -0.1) is 0 Å². The lowest BCUT2D eigenvalue weighted by atomic mass is 10.2. The number of carbonyl (C=O) groups excluding carboxylic acids is 2. The molecule has 2 amide bonds. The Morgan fingerprint density at radius 3 is 2.71 bits per heavy atom. The molecule has 2 aromatic rings. The zero-order valence-corrected chi connectivity index (χ0v) is 11.9. The maximum Gasteiger partial charge on any atom is 0.266 e. The van der Waals surface area contributed by atoms with Crippen LogP contribution in [0.5, 0.6) is 5.75 Å². The number of hydrogen-bond donors (Lipinski definition) is 4. The number of nitrogens with zero attached hydrogens (tertiary/aromatic N) is 1. The molecule has 0 spiro atoms. The van der Waals surface area contributed by atoms with Crippen LogP contribution in [-0.4, -0.2) is 21.9 Å². The molecule has 0 aliphatic rings. The average molecular weight is 310 g/mol. The second-order valence-electron chi connectivity index (χ2n) is 4.36. The van der Waals surface area contributed by atoms with E-state index in [-0.39, 0.29) is 40.5 Å². The molecule has 0 saturated carbocycles. The van der Waals surface area contributed by atoms with E-state index in [0.717, 1.165) is 0 Å². The molecule has 0 saturated heterocycles. The number of phenolic OH excluding ortho intramolecular Hbond substituents is 1. The summed E-state index contributed by atoms with van der Waals surface area (Å²) in [6, 6.07) is 2.66. The fourth-order valence-electron chi connectivity index (χ4n) is 1.72. The number of hydrogen-bond acceptors (Lipinski definition) is 3. The summed E-state index contributed by atoms with van der Waals surface area (Å²) in [7, 11) is 0. The van der Waals surface area contributed by atoms with Gasteiger partial charge in [0.15, 0.2) is 6.54 Å². The molecule has 0 unspecified atom stereocenters. The molecule has 0 radical (unpaired) electrons. The van der Waals surface area contributed by atoms with Gasteiger partial charge in [-0.2, -0.15) is 0 Å². The summed E-state index contributed by atoms with van der Waals surface area (Å²) in [5.41, 5.74) is 0.454. The van der Waals surface area contributed by atoms with Crippen molar-refractivity contribution in [3.05, 3.63) is 35.9 Å². The maximum atomic E-state index is 11.8. The molecule has 21 heavy (non-hydrogen) atoms. The van der Waals surface area contributed by atoms with Crippen molar-refractivity contribution >= 4 is 34.8 Å². The molecule has 2 rings (SSSR count). The molecule has 1 heterocycles. The van der Waals surface area contributed by atoms with Crippen LogP contribution in [0.25, 0.3) is 0 Å². The Hall–Kier alpha value is -2.54. The van der Waals surface area contributed by atoms with E-state index in [1.54, 1.807) is 23.3 Å². The van der Waals surface area contributed by atoms with Crippen molar-refractivity contribution in [2.45, 2.75) is 13.5 Å². The number of rotatable bonds is 4. The molecule has 0 bridgehead atoms. The van der Waals surface area contributed by atoms with Gasteiger partial charge in [-0.25, -0.2) is 4.57 Å². The largest absolute Gasteiger partial charge is 0.506 e. The van der Waals surface area contributed by atoms with E-state index in [4.69, 9.17) is 11.6 Å². The fourth-order valence-corrected chi connectivity index (χ4v) is 1.93. The molecule has 1 aromatic carbocycles. The molecule has 1 aromatic heterocycles. The monoisotopic (exact) mass is 309 g/mol. The van der Waals surface area contributed by atoms with Gasteiger partial charge in [0, 0.05) is 13.0 Å². The van der Waals surface area contributed by atoms with Gasteiger partial charge in [0.1, 0.15) is 18.1 Å². The lowest BCUT2D eigenvalue weighted by Crippen LogP contribution is -2.38. The second kappa shape index (κ2) is 6.27. The first kappa shape index (κ1) is 14.9. The van der Waals surface area contributed by atoms with Crippen LogP contribution in [0.3, 0.4) is 0 Å². The van der Waals surface area contributed by atoms with Crippen molar-refractivity contribution in [3.63, 3.8) is 0 Å². The van der Waals surface area contributed by atoms with Crippen LogP contribution < -0.4 is 15.2 Å². The zero-order chi connectivity index (χ0) is 15.4. The summed E-state index contributed by atoms with van der Waals surface area (Å²) in [6.07, 6.45) is 5.02. The van der Waals surface area contributed by atoms with E-state index in [0.29, 0.717) is 0 Å². The van der Waals surface area contributed by atoms with Crippen molar-refractivity contribution < 1.29 is 19.3 Å². The highest BCUT2D eigenvalue weighted by Crippen LogP contribution is 2.33. The number of carbonyl (C=O) groups is 2. The molecule has 0 aliphatic carbocycles. The smallest absolute Gasteiger partial charge is 0.266 e. The number of phenols is 1. The minimum absolute atomic E-state index is 0.0913. The molecule has 0 atom stereocenters. The predicted molar refractivity (Wildman–Crippen MR) is 77.0 cm³/mol. The van der Waals surface area contributed by atoms with Gasteiger partial charge in [-0.3, -0.25) is 14.6 Å². The van der Waals surface area contributed by atoms with Crippen molar-refractivity contribution in [2.75, 3.05) is 10.6 Å². The molecule has 110 valence electrons. The summed E-state index contributed by atoms with van der Waals surface area (Å²) in [6.45, 7) is 1.42. The van der Waals surface area contributed by atoms with Gasteiger partial charge >= 0.3 is 0 Å². The van der Waals surface area contributed by atoms with Gasteiger partial charge in [-0.05, 0) is 6.07 Å². The summed E-state index contributed by atoms with van der Waals surface area (Å²) in [4.78, 5) is 25.6. The quantitative estimate of drug-likeness (QED) is 0.505. The van der Waals surface area contributed by atoms with Gasteiger partial charge in [-0.1, -0.05) is 11.6 Å². The number of nitrogens with one attached hydrogen (secondary N) is 3. The van der Waals surface area contributed by atoms with Crippen LogP contribution in [0, 0.1) is 0 Å².